The number of hydrogen-bond donors (Lipinski definition) is 5. The molecule has 0 unspecified atom stereocenters. The van der Waals surface area contributed by atoms with E-state index in [4.69, 9.17) is 11.6 Å². The molecule has 31 heavy (non-hydrogen) atoms. The number of carbonyl (C=O) groups is 3. The fraction of sp³-hybridized carbons (Fsp3) is 0.261. The minimum Gasteiger partial charge on any atom is -0.391 e. The summed E-state index contributed by atoms with van der Waals surface area (Å²) in [6, 6.07) is 14.8. The molecule has 0 aliphatic heterocycles. The van der Waals surface area contributed by atoms with E-state index < -0.39 is 35.9 Å². The first-order chi connectivity index (χ1) is 14.8. The number of carbonyl (C=O) groups excluding carboxylic acids is 3. The molecule has 0 bridgehead atoms. The number of aliphatic hydroxyl groups is 1. The molecule has 0 aliphatic carbocycles. The van der Waals surface area contributed by atoms with Gasteiger partial charge in [0.2, 0.25) is 11.8 Å². The van der Waals surface area contributed by atoms with Crippen molar-refractivity contribution in [3.8, 4) is 23.5 Å². The lowest BCUT2D eigenvalue weighted by atomic mass is 10.0. The SMILES string of the molecule is C#CC[C@H](NC(=O)Cc1ccc(-c2ccccc2)cc1)C(=O)N[C@H](C(=O)NO)[C@@H](C)O. The fourth-order valence-electron chi connectivity index (χ4n) is 2.93. The van der Waals surface area contributed by atoms with Gasteiger partial charge in [-0.1, -0.05) is 54.6 Å². The Labute approximate surface area is 180 Å². The van der Waals surface area contributed by atoms with E-state index in [-0.39, 0.29) is 12.8 Å². The van der Waals surface area contributed by atoms with Gasteiger partial charge in [-0.05, 0) is 23.6 Å². The second-order valence-electron chi connectivity index (χ2n) is 6.97. The molecule has 3 atom stereocenters. The Hall–Kier alpha value is -3.67. The van der Waals surface area contributed by atoms with Crippen LogP contribution in [0.4, 0.5) is 0 Å². The molecule has 2 rings (SSSR count). The van der Waals surface area contributed by atoms with Gasteiger partial charge in [0.25, 0.3) is 5.91 Å². The highest BCUT2D eigenvalue weighted by atomic mass is 16.5. The molecule has 3 amide bonds. The number of nitrogens with one attached hydrogen (secondary N) is 3. The van der Waals surface area contributed by atoms with Crippen molar-refractivity contribution in [3.05, 3.63) is 60.2 Å². The van der Waals surface area contributed by atoms with E-state index in [2.05, 4.69) is 16.6 Å². The summed E-state index contributed by atoms with van der Waals surface area (Å²) >= 11 is 0. The van der Waals surface area contributed by atoms with E-state index in [0.717, 1.165) is 16.7 Å². The van der Waals surface area contributed by atoms with E-state index in [1.54, 1.807) is 0 Å². The first-order valence-electron chi connectivity index (χ1n) is 9.65. The van der Waals surface area contributed by atoms with Gasteiger partial charge in [-0.2, -0.15) is 0 Å². The Kier molecular flexibility index (Phi) is 8.76. The van der Waals surface area contributed by atoms with Crippen LogP contribution in [0.1, 0.15) is 18.9 Å². The van der Waals surface area contributed by atoms with Gasteiger partial charge in [-0.15, -0.1) is 12.3 Å². The summed E-state index contributed by atoms with van der Waals surface area (Å²) in [5.74, 6) is 0.131. The van der Waals surface area contributed by atoms with Crippen molar-refractivity contribution in [1.29, 1.82) is 0 Å². The predicted octanol–water partition coefficient (Wildman–Crippen LogP) is 0.775. The number of hydrogen-bond acceptors (Lipinski definition) is 5. The van der Waals surface area contributed by atoms with Gasteiger partial charge in [-0.3, -0.25) is 19.6 Å². The number of terminal acetylenes is 1. The summed E-state index contributed by atoms with van der Waals surface area (Å²) in [4.78, 5) is 36.5. The molecule has 0 spiro atoms. The summed E-state index contributed by atoms with van der Waals surface area (Å²) in [6.45, 7) is 1.27. The largest absolute Gasteiger partial charge is 0.391 e. The Bertz CT molecular complexity index is 936. The molecule has 0 radical (unpaired) electrons. The zero-order chi connectivity index (χ0) is 22.8. The lowest BCUT2D eigenvalue weighted by Gasteiger charge is -2.23. The summed E-state index contributed by atoms with van der Waals surface area (Å²) < 4.78 is 0. The van der Waals surface area contributed by atoms with Crippen LogP contribution in [0.15, 0.2) is 54.6 Å². The van der Waals surface area contributed by atoms with E-state index in [1.165, 1.54) is 12.4 Å². The second-order valence-corrected chi connectivity index (χ2v) is 6.97. The van der Waals surface area contributed by atoms with Crippen LogP contribution < -0.4 is 16.1 Å². The maximum Gasteiger partial charge on any atom is 0.268 e. The number of aliphatic hydroxyl groups excluding tert-OH is 1. The molecule has 8 heteroatoms. The lowest BCUT2D eigenvalue weighted by Crippen LogP contribution is -2.56. The third-order valence-electron chi connectivity index (χ3n) is 4.57. The molecule has 162 valence electrons. The molecule has 0 fully saturated rings. The van der Waals surface area contributed by atoms with Crippen LogP contribution in [0.2, 0.25) is 0 Å². The van der Waals surface area contributed by atoms with Crippen LogP contribution >= 0.6 is 0 Å². The van der Waals surface area contributed by atoms with Gasteiger partial charge in [0.1, 0.15) is 12.1 Å². The number of hydroxylamine groups is 1. The van der Waals surface area contributed by atoms with Crippen molar-refractivity contribution in [3.63, 3.8) is 0 Å². The summed E-state index contributed by atoms with van der Waals surface area (Å²) in [5.41, 5.74) is 4.19. The molecule has 2 aromatic rings. The van der Waals surface area contributed by atoms with Crippen molar-refractivity contribution < 1.29 is 24.7 Å². The highest BCUT2D eigenvalue weighted by molar-refractivity contribution is 5.92. The standard InChI is InChI=1S/C23H25N3O5/c1-3-7-19(22(29)25-21(15(2)27)23(30)26-31)24-20(28)14-16-10-12-18(13-11-16)17-8-5-4-6-9-17/h1,4-6,8-13,15,19,21,27,31H,7,14H2,2H3,(H,24,28)(H,25,29)(H,26,30)/t15-,19+,21+/m1/s1. The molecule has 0 heterocycles. The lowest BCUT2D eigenvalue weighted by molar-refractivity contribution is -0.138. The Morgan fingerprint density at radius 2 is 1.58 bits per heavy atom. The Balaban J connectivity index is 2.01. The van der Waals surface area contributed by atoms with Crippen LogP contribution in [-0.2, 0) is 20.8 Å². The topological polar surface area (TPSA) is 128 Å². The minimum atomic E-state index is -1.40. The Morgan fingerprint density at radius 3 is 2.13 bits per heavy atom. The molecule has 5 N–H and O–H groups in total. The average molecular weight is 423 g/mol. The number of benzene rings is 2. The van der Waals surface area contributed by atoms with Gasteiger partial charge in [0.15, 0.2) is 0 Å². The molecule has 0 aromatic heterocycles. The van der Waals surface area contributed by atoms with Gasteiger partial charge in [0, 0.05) is 6.42 Å². The molecule has 2 aromatic carbocycles. The zero-order valence-electron chi connectivity index (χ0n) is 17.0. The quantitative estimate of drug-likeness (QED) is 0.231. The van der Waals surface area contributed by atoms with Crippen molar-refractivity contribution in [1.82, 2.24) is 16.1 Å². The number of amides is 3. The van der Waals surface area contributed by atoms with Crippen molar-refractivity contribution in [2.75, 3.05) is 0 Å². The number of rotatable bonds is 9. The first-order valence-corrected chi connectivity index (χ1v) is 9.65. The van der Waals surface area contributed by atoms with Gasteiger partial charge < -0.3 is 15.7 Å². The highest BCUT2D eigenvalue weighted by Crippen LogP contribution is 2.19. The molecule has 0 aliphatic rings. The highest BCUT2D eigenvalue weighted by Gasteiger charge is 2.29. The van der Waals surface area contributed by atoms with Crippen molar-refractivity contribution >= 4 is 17.7 Å². The molecular formula is C23H25N3O5. The summed E-state index contributed by atoms with van der Waals surface area (Å²) in [5, 5.41) is 23.2. The van der Waals surface area contributed by atoms with Gasteiger partial charge >= 0.3 is 0 Å². The van der Waals surface area contributed by atoms with Gasteiger partial charge in [-0.25, -0.2) is 5.48 Å². The van der Waals surface area contributed by atoms with Gasteiger partial charge in [0.05, 0.1) is 12.5 Å². The molecular weight excluding hydrogens is 398 g/mol. The maximum absolute atomic E-state index is 12.5. The second kappa shape index (κ2) is 11.5. The third-order valence-corrected chi connectivity index (χ3v) is 4.57. The summed E-state index contributed by atoms with van der Waals surface area (Å²) in [7, 11) is 0. The van der Waals surface area contributed by atoms with Crippen LogP contribution in [-0.4, -0.2) is 46.2 Å². The van der Waals surface area contributed by atoms with Crippen LogP contribution in [0, 0.1) is 12.3 Å². The van der Waals surface area contributed by atoms with Crippen molar-refractivity contribution in [2.24, 2.45) is 0 Å². The normalized spacial score (nSPS) is 13.2. The molecule has 8 nitrogen and oxygen atoms in total. The molecule has 0 saturated heterocycles. The zero-order valence-corrected chi connectivity index (χ0v) is 17.0. The predicted molar refractivity (Wildman–Crippen MR) is 115 cm³/mol. The van der Waals surface area contributed by atoms with Crippen LogP contribution in [0.25, 0.3) is 11.1 Å². The summed E-state index contributed by atoms with van der Waals surface area (Å²) in [6.07, 6.45) is 3.93. The van der Waals surface area contributed by atoms with E-state index in [1.807, 2.05) is 54.6 Å². The van der Waals surface area contributed by atoms with E-state index >= 15 is 0 Å². The van der Waals surface area contributed by atoms with Crippen molar-refractivity contribution in [2.45, 2.75) is 38.0 Å². The monoisotopic (exact) mass is 423 g/mol. The minimum absolute atomic E-state index is 0.0282. The van der Waals surface area contributed by atoms with E-state index in [9.17, 15) is 19.5 Å². The third kappa shape index (κ3) is 6.96. The average Bonchev–Trinajstić information content (AvgIpc) is 2.77. The molecule has 0 saturated carbocycles. The first kappa shape index (κ1) is 23.6. The van der Waals surface area contributed by atoms with E-state index in [0.29, 0.717) is 0 Å². The van der Waals surface area contributed by atoms with Crippen LogP contribution in [0.3, 0.4) is 0 Å². The Morgan fingerprint density at radius 1 is 0.968 bits per heavy atom. The maximum atomic E-state index is 12.5. The van der Waals surface area contributed by atoms with Crippen LogP contribution in [0.5, 0.6) is 0 Å². The fourth-order valence-corrected chi connectivity index (χ4v) is 2.93. The smallest absolute Gasteiger partial charge is 0.268 e.